The van der Waals surface area contributed by atoms with Gasteiger partial charge in [0.1, 0.15) is 13.2 Å². The van der Waals surface area contributed by atoms with E-state index in [9.17, 15) is 14.0 Å². The molecular formula is C18H25FN2O4. The third-order valence-corrected chi connectivity index (χ3v) is 4.44. The Kier molecular flexibility index (Phi) is 7.18. The second-order valence-electron chi connectivity index (χ2n) is 6.25. The number of hydrogen-bond acceptors (Lipinski definition) is 4. The molecule has 0 aromatic heterocycles. The second kappa shape index (κ2) is 9.36. The van der Waals surface area contributed by atoms with Crippen molar-refractivity contribution >= 4 is 11.9 Å². The fourth-order valence-corrected chi connectivity index (χ4v) is 3.16. The van der Waals surface area contributed by atoms with E-state index < -0.39 is 5.97 Å². The van der Waals surface area contributed by atoms with E-state index in [-0.39, 0.29) is 30.1 Å². The van der Waals surface area contributed by atoms with Crippen LogP contribution in [-0.4, -0.2) is 65.6 Å². The zero-order valence-electron chi connectivity index (χ0n) is 14.5. The number of para-hydroxylation sites is 1. The molecule has 0 saturated carbocycles. The molecular weight excluding hydrogens is 327 g/mol. The largest absolute Gasteiger partial charge is 0.489 e. The molecule has 1 aromatic carbocycles. The summed E-state index contributed by atoms with van der Waals surface area (Å²) in [4.78, 5) is 26.3. The second-order valence-corrected chi connectivity index (χ2v) is 6.25. The Morgan fingerprint density at radius 2 is 2.08 bits per heavy atom. The number of nitrogens with zero attached hydrogens (tertiary/aromatic N) is 2. The van der Waals surface area contributed by atoms with Crippen LogP contribution in [0, 0.1) is 5.82 Å². The lowest BCUT2D eigenvalue weighted by molar-refractivity contribution is -0.145. The van der Waals surface area contributed by atoms with Crippen molar-refractivity contribution in [3.05, 3.63) is 30.1 Å². The lowest BCUT2D eigenvalue weighted by Gasteiger charge is -2.29. The van der Waals surface area contributed by atoms with Gasteiger partial charge in [0.2, 0.25) is 5.91 Å². The highest BCUT2D eigenvalue weighted by atomic mass is 19.1. The Labute approximate surface area is 147 Å². The molecule has 0 spiro atoms. The van der Waals surface area contributed by atoms with Gasteiger partial charge in [0.05, 0.1) is 0 Å². The zero-order valence-corrected chi connectivity index (χ0v) is 14.5. The van der Waals surface area contributed by atoms with E-state index >= 15 is 0 Å². The number of halogens is 1. The van der Waals surface area contributed by atoms with Crippen molar-refractivity contribution in [3.8, 4) is 5.75 Å². The molecule has 138 valence electrons. The van der Waals surface area contributed by atoms with Gasteiger partial charge in [0, 0.05) is 26.1 Å². The molecule has 1 aliphatic rings. The fourth-order valence-electron chi connectivity index (χ4n) is 3.16. The minimum absolute atomic E-state index is 0.0499. The van der Waals surface area contributed by atoms with E-state index in [1.807, 2.05) is 0 Å². The summed E-state index contributed by atoms with van der Waals surface area (Å²) in [6.07, 6.45) is 2.40. The van der Waals surface area contributed by atoms with Crippen LogP contribution in [0.5, 0.6) is 5.75 Å². The molecule has 1 aromatic rings. The van der Waals surface area contributed by atoms with Crippen LogP contribution in [0.25, 0.3) is 0 Å². The summed E-state index contributed by atoms with van der Waals surface area (Å²) in [5.74, 6) is -1.32. The molecule has 6 nitrogen and oxygen atoms in total. The molecule has 0 aliphatic carbocycles. The summed E-state index contributed by atoms with van der Waals surface area (Å²) >= 11 is 0. The van der Waals surface area contributed by atoms with Gasteiger partial charge in [-0.3, -0.25) is 14.5 Å². The van der Waals surface area contributed by atoms with Crippen molar-refractivity contribution in [1.82, 2.24) is 9.80 Å². The third-order valence-electron chi connectivity index (χ3n) is 4.44. The number of likely N-dealkylation sites (tertiary alicyclic amines) is 1. The Balaban J connectivity index is 1.81. The van der Waals surface area contributed by atoms with E-state index in [0.717, 1.165) is 32.4 Å². The maximum atomic E-state index is 13.5. The van der Waals surface area contributed by atoms with Crippen molar-refractivity contribution in [1.29, 1.82) is 0 Å². The van der Waals surface area contributed by atoms with Gasteiger partial charge in [-0.1, -0.05) is 12.1 Å². The lowest BCUT2D eigenvalue weighted by atomic mass is 10.1. The van der Waals surface area contributed by atoms with Gasteiger partial charge >= 0.3 is 5.97 Å². The molecule has 1 amide bonds. The molecule has 7 heteroatoms. The van der Waals surface area contributed by atoms with Crippen LogP contribution in [0.3, 0.4) is 0 Å². The minimum Gasteiger partial charge on any atom is -0.489 e. The van der Waals surface area contributed by atoms with Crippen LogP contribution in [0.15, 0.2) is 24.3 Å². The van der Waals surface area contributed by atoms with E-state index in [2.05, 4.69) is 4.90 Å². The number of carboxylic acids is 1. The number of hydrogen-bond donors (Lipinski definition) is 1. The average molecular weight is 352 g/mol. The van der Waals surface area contributed by atoms with Crippen molar-refractivity contribution in [3.63, 3.8) is 0 Å². The minimum atomic E-state index is -0.991. The van der Waals surface area contributed by atoms with E-state index in [0.29, 0.717) is 13.2 Å². The van der Waals surface area contributed by atoms with Crippen molar-refractivity contribution in [2.24, 2.45) is 0 Å². The third kappa shape index (κ3) is 6.01. The highest BCUT2D eigenvalue weighted by Crippen LogP contribution is 2.18. The van der Waals surface area contributed by atoms with Gasteiger partial charge in [-0.2, -0.15) is 0 Å². The maximum Gasteiger partial charge on any atom is 0.323 e. The number of aliphatic carboxylic acids is 1. The van der Waals surface area contributed by atoms with Crippen LogP contribution in [0.4, 0.5) is 4.39 Å². The number of carbonyl (C=O) groups excluding carboxylic acids is 1. The van der Waals surface area contributed by atoms with Gasteiger partial charge < -0.3 is 14.7 Å². The Morgan fingerprint density at radius 3 is 2.76 bits per heavy atom. The fraction of sp³-hybridized carbons (Fsp3) is 0.556. The van der Waals surface area contributed by atoms with E-state index in [4.69, 9.17) is 9.84 Å². The molecule has 1 saturated heterocycles. The number of carboxylic acid groups (broad SMARTS) is 1. The monoisotopic (exact) mass is 352 g/mol. The number of ether oxygens (including phenoxy) is 1. The molecule has 0 bridgehead atoms. The molecule has 0 radical (unpaired) electrons. The Hall–Kier alpha value is -2.15. The summed E-state index contributed by atoms with van der Waals surface area (Å²) in [6.45, 7) is 3.83. The van der Waals surface area contributed by atoms with Crippen LogP contribution in [0.2, 0.25) is 0 Å². The topological polar surface area (TPSA) is 70.1 Å². The molecule has 1 N–H and O–H groups in total. The molecule has 1 atom stereocenters. The van der Waals surface area contributed by atoms with Crippen LogP contribution in [0.1, 0.15) is 26.2 Å². The van der Waals surface area contributed by atoms with E-state index in [1.165, 1.54) is 17.9 Å². The highest BCUT2D eigenvalue weighted by Gasteiger charge is 2.26. The van der Waals surface area contributed by atoms with Crippen LogP contribution >= 0.6 is 0 Å². The molecule has 1 fully saturated rings. The number of rotatable bonds is 7. The van der Waals surface area contributed by atoms with E-state index in [1.54, 1.807) is 18.2 Å². The predicted octanol–water partition coefficient (Wildman–Crippen LogP) is 1.99. The SMILES string of the molecule is CC(=O)N(CC(=O)O)[C@H]1CCCN(CCOc2ccccc2F)CC1. The van der Waals surface area contributed by atoms with Gasteiger partial charge in [-0.25, -0.2) is 4.39 Å². The standard InChI is InChI=1S/C18H25FN2O4/c1-14(22)21(13-18(23)24)15-5-4-9-20(10-8-15)11-12-25-17-7-3-2-6-16(17)19/h2-3,6-7,15H,4-5,8-13H2,1H3,(H,23,24)/t15-/m0/s1. The van der Waals surface area contributed by atoms with Gasteiger partial charge in [-0.05, 0) is 37.9 Å². The predicted molar refractivity (Wildman–Crippen MR) is 91.0 cm³/mol. The summed E-state index contributed by atoms with van der Waals surface area (Å²) in [5, 5.41) is 8.98. The number of amides is 1. The molecule has 1 heterocycles. The lowest BCUT2D eigenvalue weighted by Crippen LogP contribution is -2.42. The normalized spacial score (nSPS) is 18.4. The number of carbonyl (C=O) groups is 2. The molecule has 25 heavy (non-hydrogen) atoms. The summed E-state index contributed by atoms with van der Waals surface area (Å²) < 4.78 is 19.0. The maximum absolute atomic E-state index is 13.5. The summed E-state index contributed by atoms with van der Waals surface area (Å²) in [5.41, 5.74) is 0. The van der Waals surface area contributed by atoms with Crippen molar-refractivity contribution in [2.45, 2.75) is 32.2 Å². The first-order chi connectivity index (χ1) is 12.0. The first-order valence-corrected chi connectivity index (χ1v) is 8.56. The van der Waals surface area contributed by atoms with Crippen LogP contribution in [-0.2, 0) is 9.59 Å². The first kappa shape index (κ1) is 19.2. The summed E-state index contributed by atoms with van der Waals surface area (Å²) in [7, 11) is 0. The zero-order chi connectivity index (χ0) is 18.2. The smallest absolute Gasteiger partial charge is 0.323 e. The first-order valence-electron chi connectivity index (χ1n) is 8.56. The highest BCUT2D eigenvalue weighted by molar-refractivity contribution is 5.79. The Morgan fingerprint density at radius 1 is 1.32 bits per heavy atom. The van der Waals surface area contributed by atoms with Gasteiger partial charge in [0.25, 0.3) is 0 Å². The summed E-state index contributed by atoms with van der Waals surface area (Å²) in [6, 6.07) is 6.27. The molecule has 1 aliphatic heterocycles. The van der Waals surface area contributed by atoms with Gasteiger partial charge in [0.15, 0.2) is 11.6 Å². The average Bonchev–Trinajstić information content (AvgIpc) is 2.79. The quantitative estimate of drug-likeness (QED) is 0.813. The van der Waals surface area contributed by atoms with Crippen molar-refractivity contribution in [2.75, 3.05) is 32.8 Å². The molecule has 0 unspecified atom stereocenters. The number of benzene rings is 1. The van der Waals surface area contributed by atoms with Crippen LogP contribution < -0.4 is 4.74 Å². The molecule has 2 rings (SSSR count). The Bertz CT molecular complexity index is 596. The van der Waals surface area contributed by atoms with Crippen molar-refractivity contribution < 1.29 is 23.8 Å². The van der Waals surface area contributed by atoms with Gasteiger partial charge in [-0.15, -0.1) is 0 Å².